The van der Waals surface area contributed by atoms with Crippen molar-refractivity contribution in [3.05, 3.63) is 21.4 Å². The molecule has 1 nitrogen and oxygen atoms in total. The van der Waals surface area contributed by atoms with Gasteiger partial charge in [-0.25, -0.2) is 0 Å². The first-order chi connectivity index (χ1) is 6.36. The maximum absolute atomic E-state index is 3.30. The summed E-state index contributed by atoms with van der Waals surface area (Å²) in [6.45, 7) is 3.41. The van der Waals surface area contributed by atoms with Crippen molar-refractivity contribution < 1.29 is 0 Å². The highest BCUT2D eigenvalue weighted by molar-refractivity contribution is 7.10. The van der Waals surface area contributed by atoms with Gasteiger partial charge in [0.15, 0.2) is 0 Å². The molecule has 0 bridgehead atoms. The molecule has 0 aliphatic heterocycles. The van der Waals surface area contributed by atoms with Crippen LogP contribution in [0.4, 0.5) is 0 Å². The summed E-state index contributed by atoms with van der Waals surface area (Å²) in [5, 5.41) is 5.65. The molecule has 0 amide bonds. The number of thiophene rings is 1. The Hall–Kier alpha value is -0.340. The molecule has 1 N–H and O–H groups in total. The van der Waals surface area contributed by atoms with Crippen LogP contribution in [-0.4, -0.2) is 13.6 Å². The molecule has 0 saturated heterocycles. The van der Waals surface area contributed by atoms with E-state index >= 15 is 0 Å². The van der Waals surface area contributed by atoms with Gasteiger partial charge in [-0.2, -0.15) is 0 Å². The highest BCUT2D eigenvalue weighted by atomic mass is 32.1. The zero-order chi connectivity index (χ0) is 9.26. The molecule has 0 radical (unpaired) electrons. The minimum atomic E-state index is 0.793. The van der Waals surface area contributed by atoms with E-state index in [1.54, 1.807) is 16.0 Å². The van der Waals surface area contributed by atoms with E-state index in [2.05, 4.69) is 24.7 Å². The molecule has 1 aromatic heterocycles. The topological polar surface area (TPSA) is 12.0 Å². The normalized spacial score (nSPS) is 20.6. The van der Waals surface area contributed by atoms with Crippen LogP contribution >= 0.6 is 11.3 Å². The van der Waals surface area contributed by atoms with Crippen molar-refractivity contribution in [2.45, 2.75) is 32.1 Å². The van der Waals surface area contributed by atoms with Crippen molar-refractivity contribution in [1.29, 1.82) is 0 Å². The summed E-state index contributed by atoms with van der Waals surface area (Å²) >= 11 is 1.97. The molecule has 2 rings (SSSR count). The summed E-state index contributed by atoms with van der Waals surface area (Å²) in [5.74, 6) is 0.793. The Kier molecular flexibility index (Phi) is 2.70. The smallest absolute Gasteiger partial charge is 0.00836 e. The molecular formula is C11H17NS. The first-order valence-electron chi connectivity index (χ1n) is 5.10. The van der Waals surface area contributed by atoms with Crippen LogP contribution in [0.3, 0.4) is 0 Å². The van der Waals surface area contributed by atoms with Crippen LogP contribution in [0.1, 0.15) is 35.3 Å². The average Bonchev–Trinajstić information content (AvgIpc) is 2.68. The number of hydrogen-bond acceptors (Lipinski definition) is 2. The first-order valence-corrected chi connectivity index (χ1v) is 5.98. The van der Waals surface area contributed by atoms with Crippen LogP contribution < -0.4 is 5.32 Å². The summed E-state index contributed by atoms with van der Waals surface area (Å²) in [6.07, 6.45) is 3.87. The lowest BCUT2D eigenvalue weighted by Gasteiger charge is -2.11. The Morgan fingerprint density at radius 1 is 1.62 bits per heavy atom. The van der Waals surface area contributed by atoms with E-state index in [4.69, 9.17) is 0 Å². The summed E-state index contributed by atoms with van der Waals surface area (Å²) < 4.78 is 0. The van der Waals surface area contributed by atoms with Gasteiger partial charge in [-0.15, -0.1) is 11.3 Å². The van der Waals surface area contributed by atoms with Gasteiger partial charge in [-0.05, 0) is 48.7 Å². The number of fused-ring (bicyclic) bond motifs is 1. The molecule has 1 heterocycles. The van der Waals surface area contributed by atoms with Gasteiger partial charge in [0.25, 0.3) is 0 Å². The quantitative estimate of drug-likeness (QED) is 0.781. The van der Waals surface area contributed by atoms with Gasteiger partial charge in [0.05, 0.1) is 0 Å². The standard InChI is InChI=1S/C11H17NS/c1-3-8-7-13-10-5-4-9(6-12-2)11(8)10/h7,9,12H,3-6H2,1-2H3. The predicted octanol–water partition coefficient (Wildman–Crippen LogP) is 2.56. The van der Waals surface area contributed by atoms with Crippen LogP contribution in [0.2, 0.25) is 0 Å². The Morgan fingerprint density at radius 3 is 3.15 bits per heavy atom. The van der Waals surface area contributed by atoms with E-state index in [0.29, 0.717) is 0 Å². The molecule has 1 aliphatic rings. The second-order valence-corrected chi connectivity index (χ2v) is 4.71. The monoisotopic (exact) mass is 195 g/mol. The second kappa shape index (κ2) is 3.81. The van der Waals surface area contributed by atoms with Crippen molar-refractivity contribution in [2.24, 2.45) is 0 Å². The summed E-state index contributed by atoms with van der Waals surface area (Å²) in [4.78, 5) is 1.65. The van der Waals surface area contributed by atoms with E-state index < -0.39 is 0 Å². The summed E-state index contributed by atoms with van der Waals surface area (Å²) in [6, 6.07) is 0. The van der Waals surface area contributed by atoms with E-state index in [-0.39, 0.29) is 0 Å². The molecule has 0 spiro atoms. The van der Waals surface area contributed by atoms with Gasteiger partial charge in [0.2, 0.25) is 0 Å². The molecule has 1 aromatic rings. The lowest BCUT2D eigenvalue weighted by molar-refractivity contribution is 0.620. The molecule has 1 aliphatic carbocycles. The van der Waals surface area contributed by atoms with Crippen molar-refractivity contribution >= 4 is 11.3 Å². The van der Waals surface area contributed by atoms with Crippen LogP contribution in [0.25, 0.3) is 0 Å². The lowest BCUT2D eigenvalue weighted by Crippen LogP contribution is -2.15. The van der Waals surface area contributed by atoms with E-state index in [1.165, 1.54) is 19.3 Å². The fourth-order valence-electron chi connectivity index (χ4n) is 2.31. The molecule has 0 saturated carbocycles. The fraction of sp³-hybridized carbons (Fsp3) is 0.636. The zero-order valence-electron chi connectivity index (χ0n) is 8.39. The SMILES string of the molecule is CCc1csc2c1C(CNC)CC2. The lowest BCUT2D eigenvalue weighted by atomic mass is 9.99. The Morgan fingerprint density at radius 2 is 2.46 bits per heavy atom. The zero-order valence-corrected chi connectivity index (χ0v) is 9.21. The maximum Gasteiger partial charge on any atom is 0.00836 e. The number of aryl methyl sites for hydroxylation is 2. The maximum atomic E-state index is 3.30. The van der Waals surface area contributed by atoms with Crippen molar-refractivity contribution in [3.63, 3.8) is 0 Å². The van der Waals surface area contributed by atoms with E-state index in [9.17, 15) is 0 Å². The predicted molar refractivity (Wildman–Crippen MR) is 58.7 cm³/mol. The minimum absolute atomic E-state index is 0.793. The van der Waals surface area contributed by atoms with E-state index in [1.807, 2.05) is 11.3 Å². The Bertz CT molecular complexity index is 290. The molecule has 1 unspecified atom stereocenters. The third-order valence-electron chi connectivity index (χ3n) is 2.95. The molecule has 1 atom stereocenters. The first kappa shape index (κ1) is 9.22. The fourth-order valence-corrected chi connectivity index (χ4v) is 3.54. The van der Waals surface area contributed by atoms with Gasteiger partial charge in [0.1, 0.15) is 0 Å². The number of likely N-dealkylation sites (N-methyl/N-ethyl adjacent to an activating group) is 1. The van der Waals surface area contributed by atoms with Gasteiger partial charge in [0, 0.05) is 11.4 Å². The third-order valence-corrected chi connectivity index (χ3v) is 4.06. The average molecular weight is 195 g/mol. The van der Waals surface area contributed by atoms with Crippen molar-refractivity contribution in [3.8, 4) is 0 Å². The second-order valence-electron chi connectivity index (χ2n) is 3.74. The minimum Gasteiger partial charge on any atom is -0.319 e. The van der Waals surface area contributed by atoms with Gasteiger partial charge in [-0.3, -0.25) is 0 Å². The van der Waals surface area contributed by atoms with Crippen LogP contribution in [0, 0.1) is 0 Å². The highest BCUT2D eigenvalue weighted by Gasteiger charge is 2.25. The summed E-state index contributed by atoms with van der Waals surface area (Å²) in [5.41, 5.74) is 3.28. The van der Waals surface area contributed by atoms with Gasteiger partial charge < -0.3 is 5.32 Å². The van der Waals surface area contributed by atoms with Crippen LogP contribution in [0.5, 0.6) is 0 Å². The van der Waals surface area contributed by atoms with Crippen LogP contribution in [0.15, 0.2) is 5.38 Å². The molecule has 13 heavy (non-hydrogen) atoms. The Balaban J connectivity index is 2.27. The number of hydrogen-bond donors (Lipinski definition) is 1. The molecule has 2 heteroatoms. The molecule has 0 fully saturated rings. The number of rotatable bonds is 3. The largest absolute Gasteiger partial charge is 0.319 e. The van der Waals surface area contributed by atoms with Gasteiger partial charge in [-0.1, -0.05) is 6.92 Å². The molecule has 0 aromatic carbocycles. The Labute approximate surface area is 84.2 Å². The highest BCUT2D eigenvalue weighted by Crippen LogP contribution is 2.39. The van der Waals surface area contributed by atoms with E-state index in [0.717, 1.165) is 12.5 Å². The van der Waals surface area contributed by atoms with Gasteiger partial charge >= 0.3 is 0 Å². The summed E-state index contributed by atoms with van der Waals surface area (Å²) in [7, 11) is 2.05. The number of nitrogens with one attached hydrogen (secondary N) is 1. The van der Waals surface area contributed by atoms with Crippen molar-refractivity contribution in [2.75, 3.05) is 13.6 Å². The molecule has 72 valence electrons. The third kappa shape index (κ3) is 1.53. The van der Waals surface area contributed by atoms with Crippen molar-refractivity contribution in [1.82, 2.24) is 5.32 Å². The van der Waals surface area contributed by atoms with Crippen LogP contribution in [-0.2, 0) is 12.8 Å². The molecular weight excluding hydrogens is 178 g/mol.